The number of rotatable bonds is 1. The predicted octanol–water partition coefficient (Wildman–Crippen LogP) is 1.59. The Bertz CT molecular complexity index is 575. The van der Waals surface area contributed by atoms with Crippen molar-refractivity contribution in [2.45, 2.75) is 33.0 Å². The lowest BCUT2D eigenvalue weighted by Crippen LogP contribution is -2.48. The molecule has 1 aliphatic heterocycles. The molecule has 0 aromatic heterocycles. The summed E-state index contributed by atoms with van der Waals surface area (Å²) in [5.74, 6) is 5.51. The van der Waals surface area contributed by atoms with Gasteiger partial charge in [-0.05, 0) is 38.5 Å². The highest BCUT2D eigenvalue weighted by Gasteiger charge is 2.26. The summed E-state index contributed by atoms with van der Waals surface area (Å²) in [6.45, 7) is 6.92. The van der Waals surface area contributed by atoms with E-state index in [1.54, 1.807) is 6.07 Å². The molecular weight excluding hydrogens is 266 g/mol. The molecule has 1 amide bonds. The Labute approximate surface area is 125 Å². The first kappa shape index (κ1) is 15.6. The van der Waals surface area contributed by atoms with E-state index in [4.69, 9.17) is 9.84 Å². The third-order valence-corrected chi connectivity index (χ3v) is 3.49. The number of hydrogen-bond donors (Lipinski definition) is 1. The molecule has 1 N–H and O–H groups in total. The Morgan fingerprint density at radius 3 is 2.67 bits per heavy atom. The number of hydrogen-bond acceptors (Lipinski definition) is 3. The van der Waals surface area contributed by atoms with E-state index in [-0.39, 0.29) is 24.7 Å². The number of carbonyl (C=O) groups excluding carboxylic acids is 1. The summed E-state index contributed by atoms with van der Waals surface area (Å²) in [6, 6.07) is 5.51. The number of ether oxygens (including phenoxy) is 1. The number of nitrogens with zero attached hydrogens (tertiary/aromatic N) is 1. The first-order valence-corrected chi connectivity index (χ1v) is 7.16. The van der Waals surface area contributed by atoms with E-state index in [9.17, 15) is 4.79 Å². The molecule has 0 saturated carbocycles. The standard InChI is InChI=1S/C17H21NO3/c1-12-6-7-16(9-15(12)5-4-8-19)17(20)18-10-13(2)21-14(3)11-18/h6-7,9,13-14,19H,8,10-11H2,1-3H3/t13-,14+. The van der Waals surface area contributed by atoms with E-state index in [2.05, 4.69) is 11.8 Å². The van der Waals surface area contributed by atoms with Crippen LogP contribution in [-0.2, 0) is 4.74 Å². The fourth-order valence-electron chi connectivity index (χ4n) is 2.55. The summed E-state index contributed by atoms with van der Waals surface area (Å²) in [5, 5.41) is 8.80. The third kappa shape index (κ3) is 3.84. The molecule has 1 fully saturated rings. The minimum Gasteiger partial charge on any atom is -0.384 e. The van der Waals surface area contributed by atoms with Crippen molar-refractivity contribution in [2.24, 2.45) is 0 Å². The smallest absolute Gasteiger partial charge is 0.254 e. The third-order valence-electron chi connectivity index (χ3n) is 3.49. The van der Waals surface area contributed by atoms with Crippen LogP contribution in [0.3, 0.4) is 0 Å². The van der Waals surface area contributed by atoms with Crippen molar-refractivity contribution in [2.75, 3.05) is 19.7 Å². The van der Waals surface area contributed by atoms with Gasteiger partial charge in [-0.25, -0.2) is 0 Å². The number of aliphatic hydroxyl groups excluding tert-OH is 1. The Morgan fingerprint density at radius 2 is 2.05 bits per heavy atom. The van der Waals surface area contributed by atoms with Crippen molar-refractivity contribution in [1.29, 1.82) is 0 Å². The molecule has 2 rings (SSSR count). The minimum absolute atomic E-state index is 0.00375. The predicted molar refractivity (Wildman–Crippen MR) is 81.1 cm³/mol. The van der Waals surface area contributed by atoms with Gasteiger partial charge in [-0.15, -0.1) is 0 Å². The molecule has 0 bridgehead atoms. The monoisotopic (exact) mass is 287 g/mol. The van der Waals surface area contributed by atoms with Gasteiger partial charge in [0.05, 0.1) is 12.2 Å². The van der Waals surface area contributed by atoms with Gasteiger partial charge in [-0.1, -0.05) is 17.9 Å². The van der Waals surface area contributed by atoms with Crippen LogP contribution in [-0.4, -0.2) is 47.8 Å². The van der Waals surface area contributed by atoms with Gasteiger partial charge in [0.2, 0.25) is 0 Å². The zero-order valence-electron chi connectivity index (χ0n) is 12.7. The second kappa shape index (κ2) is 6.75. The Balaban J connectivity index is 2.23. The van der Waals surface area contributed by atoms with Crippen molar-refractivity contribution in [3.63, 3.8) is 0 Å². The molecule has 0 radical (unpaired) electrons. The van der Waals surface area contributed by atoms with Crippen molar-refractivity contribution in [1.82, 2.24) is 4.90 Å². The molecule has 1 saturated heterocycles. The molecule has 0 spiro atoms. The van der Waals surface area contributed by atoms with E-state index in [1.807, 2.05) is 37.8 Å². The van der Waals surface area contributed by atoms with Crippen LogP contribution in [0.25, 0.3) is 0 Å². The lowest BCUT2D eigenvalue weighted by Gasteiger charge is -2.35. The number of aryl methyl sites for hydroxylation is 1. The highest BCUT2D eigenvalue weighted by molar-refractivity contribution is 5.94. The summed E-state index contributed by atoms with van der Waals surface area (Å²) >= 11 is 0. The largest absolute Gasteiger partial charge is 0.384 e. The summed E-state index contributed by atoms with van der Waals surface area (Å²) in [4.78, 5) is 14.4. The van der Waals surface area contributed by atoms with Crippen molar-refractivity contribution >= 4 is 5.91 Å². The van der Waals surface area contributed by atoms with E-state index in [0.717, 1.165) is 11.1 Å². The van der Waals surface area contributed by atoms with E-state index in [1.165, 1.54) is 0 Å². The normalized spacial score (nSPS) is 21.6. The van der Waals surface area contributed by atoms with E-state index in [0.29, 0.717) is 18.7 Å². The van der Waals surface area contributed by atoms with Gasteiger partial charge < -0.3 is 14.7 Å². The molecule has 112 valence electrons. The van der Waals surface area contributed by atoms with Gasteiger partial charge in [0, 0.05) is 24.2 Å². The zero-order chi connectivity index (χ0) is 15.4. The number of amides is 1. The van der Waals surface area contributed by atoms with Crippen LogP contribution in [0.4, 0.5) is 0 Å². The fourth-order valence-corrected chi connectivity index (χ4v) is 2.55. The van der Waals surface area contributed by atoms with Gasteiger partial charge >= 0.3 is 0 Å². The van der Waals surface area contributed by atoms with Gasteiger partial charge in [0.1, 0.15) is 6.61 Å². The quantitative estimate of drug-likeness (QED) is 0.798. The molecule has 1 aromatic carbocycles. The second-order valence-corrected chi connectivity index (χ2v) is 5.46. The van der Waals surface area contributed by atoms with Crippen molar-refractivity contribution < 1.29 is 14.6 Å². The Morgan fingerprint density at radius 1 is 1.38 bits per heavy atom. The molecular formula is C17H21NO3. The molecule has 1 aromatic rings. The zero-order valence-corrected chi connectivity index (χ0v) is 12.7. The molecule has 4 nitrogen and oxygen atoms in total. The van der Waals surface area contributed by atoms with E-state index >= 15 is 0 Å². The van der Waals surface area contributed by atoms with E-state index < -0.39 is 0 Å². The van der Waals surface area contributed by atoms with Crippen LogP contribution in [0.2, 0.25) is 0 Å². The lowest BCUT2D eigenvalue weighted by molar-refractivity contribution is -0.0586. The summed E-state index contributed by atoms with van der Waals surface area (Å²) in [6.07, 6.45) is 0.105. The first-order valence-electron chi connectivity index (χ1n) is 7.16. The maximum atomic E-state index is 12.6. The van der Waals surface area contributed by atoms with Crippen molar-refractivity contribution in [3.8, 4) is 11.8 Å². The van der Waals surface area contributed by atoms with Crippen LogP contribution in [0, 0.1) is 18.8 Å². The summed E-state index contributed by atoms with van der Waals surface area (Å²) in [5.41, 5.74) is 2.41. The number of carbonyl (C=O) groups is 1. The van der Waals surface area contributed by atoms with Crippen LogP contribution in [0.5, 0.6) is 0 Å². The van der Waals surface area contributed by atoms with Crippen LogP contribution in [0.1, 0.15) is 35.3 Å². The fraction of sp³-hybridized carbons (Fsp3) is 0.471. The average molecular weight is 287 g/mol. The molecule has 0 unspecified atom stereocenters. The number of aliphatic hydroxyl groups is 1. The first-order chi connectivity index (χ1) is 10.0. The SMILES string of the molecule is Cc1ccc(C(=O)N2C[C@@H](C)O[C@@H](C)C2)cc1C#CCO. The molecule has 0 aliphatic carbocycles. The van der Waals surface area contributed by atoms with Gasteiger partial charge in [0.25, 0.3) is 5.91 Å². The topological polar surface area (TPSA) is 49.8 Å². The molecule has 4 heteroatoms. The highest BCUT2D eigenvalue weighted by Crippen LogP contribution is 2.16. The van der Waals surface area contributed by atoms with Gasteiger partial charge in [-0.3, -0.25) is 4.79 Å². The average Bonchev–Trinajstić information content (AvgIpc) is 2.44. The number of benzene rings is 1. The lowest BCUT2D eigenvalue weighted by atomic mass is 10.0. The van der Waals surface area contributed by atoms with Crippen LogP contribution in [0.15, 0.2) is 18.2 Å². The molecule has 1 heterocycles. The molecule has 2 atom stereocenters. The van der Waals surface area contributed by atoms with Crippen LogP contribution >= 0.6 is 0 Å². The van der Waals surface area contributed by atoms with Gasteiger partial charge in [-0.2, -0.15) is 0 Å². The van der Waals surface area contributed by atoms with Gasteiger partial charge in [0.15, 0.2) is 0 Å². The maximum absolute atomic E-state index is 12.6. The summed E-state index contributed by atoms with van der Waals surface area (Å²) in [7, 11) is 0. The highest BCUT2D eigenvalue weighted by atomic mass is 16.5. The second-order valence-electron chi connectivity index (χ2n) is 5.46. The maximum Gasteiger partial charge on any atom is 0.254 e. The molecule has 21 heavy (non-hydrogen) atoms. The summed E-state index contributed by atoms with van der Waals surface area (Å²) < 4.78 is 5.65. The van der Waals surface area contributed by atoms with Crippen molar-refractivity contribution in [3.05, 3.63) is 34.9 Å². The Kier molecular flexibility index (Phi) is 5.00. The molecule has 1 aliphatic rings. The minimum atomic E-state index is -0.184. The van der Waals surface area contributed by atoms with Crippen LogP contribution < -0.4 is 0 Å². The Hall–Kier alpha value is -1.83. The number of morpholine rings is 1.